The lowest BCUT2D eigenvalue weighted by Gasteiger charge is -1.80. The fourth-order valence-electron chi connectivity index (χ4n) is 0.579. The minimum Gasteiger partial charge on any atom is -0.450 e. The Morgan fingerprint density at radius 1 is 1.50 bits per heavy atom. The van der Waals surface area contributed by atoms with E-state index in [0.29, 0.717) is 0 Å². The van der Waals surface area contributed by atoms with Crippen LogP contribution in [0.4, 0.5) is 0 Å². The van der Waals surface area contributed by atoms with Gasteiger partial charge in [-0.15, -0.1) is 0 Å². The van der Waals surface area contributed by atoms with Gasteiger partial charge >= 0.3 is 0 Å². The summed E-state index contributed by atoms with van der Waals surface area (Å²) >= 11 is 6.49. The molecule has 0 unspecified atom stereocenters. The first-order chi connectivity index (χ1) is 4.83. The zero-order valence-electron chi connectivity index (χ0n) is 5.18. The van der Waals surface area contributed by atoms with Gasteiger partial charge in [-0.1, -0.05) is 22.0 Å². The van der Waals surface area contributed by atoms with Crippen molar-refractivity contribution in [3.8, 4) is 0 Å². The van der Waals surface area contributed by atoms with E-state index in [-0.39, 0.29) is 0 Å². The Bertz CT molecular complexity index is 227. The van der Waals surface area contributed by atoms with E-state index in [2.05, 4.69) is 31.9 Å². The first-order valence-corrected chi connectivity index (χ1v) is 4.72. The molecule has 0 atom stereocenters. The molecule has 10 heavy (non-hydrogen) atoms. The third-order valence-corrected chi connectivity index (χ3v) is 1.77. The lowest BCUT2D eigenvalue weighted by atomic mass is 10.4. The molecule has 0 amide bonds. The van der Waals surface area contributed by atoms with Gasteiger partial charge in [-0.2, -0.15) is 0 Å². The van der Waals surface area contributed by atoms with Crippen LogP contribution in [0.1, 0.15) is 5.76 Å². The zero-order valence-corrected chi connectivity index (χ0v) is 8.35. The predicted octanol–water partition coefficient (Wildman–Crippen LogP) is 3.45. The molecule has 0 saturated carbocycles. The van der Waals surface area contributed by atoms with Crippen molar-refractivity contribution in [2.75, 3.05) is 5.33 Å². The number of alkyl halides is 1. The Balaban J connectivity index is 2.67. The summed E-state index contributed by atoms with van der Waals surface area (Å²) in [5.41, 5.74) is 0. The summed E-state index contributed by atoms with van der Waals surface area (Å²) in [5, 5.41) is 0.852. The summed E-state index contributed by atoms with van der Waals surface area (Å²) in [6, 6.07) is 3.77. The van der Waals surface area contributed by atoms with Crippen LogP contribution in [0.25, 0.3) is 6.08 Å². The highest BCUT2D eigenvalue weighted by molar-refractivity contribution is 9.10. The second-order valence-electron chi connectivity index (χ2n) is 1.70. The molecule has 0 aliphatic rings. The number of allylic oxidation sites excluding steroid dienone is 1. The van der Waals surface area contributed by atoms with Crippen LogP contribution in [0, 0.1) is 0 Å². The quantitative estimate of drug-likeness (QED) is 0.747. The molecule has 3 heteroatoms. The van der Waals surface area contributed by atoms with Crippen molar-refractivity contribution in [2.45, 2.75) is 0 Å². The van der Waals surface area contributed by atoms with Crippen molar-refractivity contribution in [2.24, 2.45) is 0 Å². The van der Waals surface area contributed by atoms with Gasteiger partial charge in [0.25, 0.3) is 0 Å². The molecular weight excluding hydrogens is 260 g/mol. The molecule has 1 aromatic rings. The van der Waals surface area contributed by atoms with Crippen LogP contribution < -0.4 is 0 Å². The van der Waals surface area contributed by atoms with E-state index in [1.54, 1.807) is 0 Å². The lowest BCUT2D eigenvalue weighted by Crippen LogP contribution is -1.60. The van der Waals surface area contributed by atoms with E-state index in [1.165, 1.54) is 0 Å². The van der Waals surface area contributed by atoms with Gasteiger partial charge in [0, 0.05) is 5.33 Å². The molecule has 0 aliphatic carbocycles. The van der Waals surface area contributed by atoms with Crippen molar-refractivity contribution < 1.29 is 4.42 Å². The van der Waals surface area contributed by atoms with Crippen LogP contribution in [-0.4, -0.2) is 5.33 Å². The van der Waals surface area contributed by atoms with Crippen LogP contribution in [0.2, 0.25) is 0 Å². The summed E-state index contributed by atoms with van der Waals surface area (Å²) in [6.07, 6.45) is 3.89. The van der Waals surface area contributed by atoms with Crippen molar-refractivity contribution in [3.05, 3.63) is 28.6 Å². The molecule has 54 valence electrons. The van der Waals surface area contributed by atoms with Gasteiger partial charge < -0.3 is 4.42 Å². The van der Waals surface area contributed by atoms with E-state index in [1.807, 2.05) is 24.3 Å². The maximum absolute atomic E-state index is 5.19. The van der Waals surface area contributed by atoms with Crippen molar-refractivity contribution >= 4 is 37.9 Å². The summed E-state index contributed by atoms with van der Waals surface area (Å²) in [5.74, 6) is 0.867. The van der Waals surface area contributed by atoms with Crippen LogP contribution in [0.5, 0.6) is 0 Å². The van der Waals surface area contributed by atoms with Gasteiger partial charge in [0.2, 0.25) is 0 Å². The maximum Gasteiger partial charge on any atom is 0.169 e. The third kappa shape index (κ3) is 2.31. The largest absolute Gasteiger partial charge is 0.450 e. The maximum atomic E-state index is 5.19. The Morgan fingerprint density at radius 2 is 2.30 bits per heavy atom. The Labute approximate surface area is 76.4 Å². The molecule has 0 saturated heterocycles. The molecule has 0 spiro atoms. The average Bonchev–Trinajstić information content (AvgIpc) is 2.31. The SMILES string of the molecule is BrC/C=C/c1ccc(Br)o1. The fourth-order valence-corrected chi connectivity index (χ4v) is 1.08. The van der Waals surface area contributed by atoms with Gasteiger partial charge in [0.05, 0.1) is 0 Å². The number of furan rings is 1. The summed E-state index contributed by atoms with van der Waals surface area (Å²) < 4.78 is 5.96. The van der Waals surface area contributed by atoms with Gasteiger partial charge in [0.15, 0.2) is 4.67 Å². The van der Waals surface area contributed by atoms with E-state index in [9.17, 15) is 0 Å². The number of halogens is 2. The summed E-state index contributed by atoms with van der Waals surface area (Å²) in [6.45, 7) is 0. The van der Waals surface area contributed by atoms with Gasteiger partial charge in [0.1, 0.15) is 5.76 Å². The van der Waals surface area contributed by atoms with Crippen LogP contribution in [-0.2, 0) is 0 Å². The van der Waals surface area contributed by atoms with E-state index >= 15 is 0 Å². The van der Waals surface area contributed by atoms with Gasteiger partial charge in [-0.05, 0) is 34.1 Å². The zero-order chi connectivity index (χ0) is 7.40. The van der Waals surface area contributed by atoms with Crippen LogP contribution in [0.15, 0.2) is 27.3 Å². The molecule has 0 fully saturated rings. The standard InChI is InChI=1S/C7H6Br2O/c8-5-1-2-6-3-4-7(9)10-6/h1-4H,5H2/b2-1+. The number of hydrogen-bond acceptors (Lipinski definition) is 1. The van der Waals surface area contributed by atoms with Gasteiger partial charge in [-0.3, -0.25) is 0 Å². The monoisotopic (exact) mass is 264 g/mol. The highest BCUT2D eigenvalue weighted by Crippen LogP contribution is 2.14. The second-order valence-corrected chi connectivity index (χ2v) is 3.13. The molecule has 0 bridgehead atoms. The Morgan fingerprint density at radius 3 is 2.80 bits per heavy atom. The minimum absolute atomic E-state index is 0.765. The van der Waals surface area contributed by atoms with E-state index < -0.39 is 0 Å². The molecule has 1 rings (SSSR count). The van der Waals surface area contributed by atoms with Gasteiger partial charge in [-0.25, -0.2) is 0 Å². The van der Waals surface area contributed by atoms with E-state index in [0.717, 1.165) is 15.8 Å². The van der Waals surface area contributed by atoms with Crippen molar-refractivity contribution in [3.63, 3.8) is 0 Å². The molecule has 0 radical (unpaired) electrons. The fraction of sp³-hybridized carbons (Fsp3) is 0.143. The smallest absolute Gasteiger partial charge is 0.169 e. The normalized spacial score (nSPS) is 11.0. The summed E-state index contributed by atoms with van der Waals surface area (Å²) in [4.78, 5) is 0. The highest BCUT2D eigenvalue weighted by Gasteiger charge is 1.91. The second kappa shape index (κ2) is 3.98. The molecule has 0 aromatic carbocycles. The van der Waals surface area contributed by atoms with E-state index in [4.69, 9.17) is 4.42 Å². The molecule has 0 aliphatic heterocycles. The minimum atomic E-state index is 0.765. The first-order valence-electron chi connectivity index (χ1n) is 2.81. The lowest BCUT2D eigenvalue weighted by molar-refractivity contribution is 0.531. The Hall–Kier alpha value is -0.0200. The van der Waals surface area contributed by atoms with Crippen LogP contribution >= 0.6 is 31.9 Å². The van der Waals surface area contributed by atoms with Crippen molar-refractivity contribution in [1.82, 2.24) is 0 Å². The highest BCUT2D eigenvalue weighted by atomic mass is 79.9. The van der Waals surface area contributed by atoms with Crippen LogP contribution in [0.3, 0.4) is 0 Å². The third-order valence-electron chi connectivity index (χ3n) is 0.965. The number of rotatable bonds is 2. The molecule has 1 heterocycles. The topological polar surface area (TPSA) is 13.1 Å². The first kappa shape index (κ1) is 8.08. The van der Waals surface area contributed by atoms with Crippen molar-refractivity contribution in [1.29, 1.82) is 0 Å². The average molecular weight is 266 g/mol. The molecule has 1 aromatic heterocycles. The molecule has 1 nitrogen and oxygen atoms in total. The predicted molar refractivity (Wildman–Crippen MR) is 49.2 cm³/mol. The molecular formula is C7H6Br2O. The molecule has 0 N–H and O–H groups in total. The Kier molecular flexibility index (Phi) is 3.22. The number of hydrogen-bond donors (Lipinski definition) is 0. The summed E-state index contributed by atoms with van der Waals surface area (Å²) in [7, 11) is 0.